The van der Waals surface area contributed by atoms with Gasteiger partial charge < -0.3 is 14.2 Å². The number of amides is 1. The van der Waals surface area contributed by atoms with E-state index in [1.54, 1.807) is 60.9 Å². The van der Waals surface area contributed by atoms with Gasteiger partial charge in [0.05, 0.1) is 15.6 Å². The number of anilines is 1. The molecule has 0 saturated heterocycles. The highest BCUT2D eigenvalue weighted by Gasteiger charge is 2.12. The highest BCUT2D eigenvalue weighted by atomic mass is 79.9. The molecule has 37 heavy (non-hydrogen) atoms. The van der Waals surface area contributed by atoms with Crippen LogP contribution in [0.15, 0.2) is 86.4 Å². The highest BCUT2D eigenvalue weighted by molar-refractivity contribution is 9.10. The van der Waals surface area contributed by atoms with E-state index in [1.165, 1.54) is 12.2 Å². The van der Waals surface area contributed by atoms with Crippen LogP contribution < -0.4 is 10.6 Å². The van der Waals surface area contributed by atoms with Crippen molar-refractivity contribution in [2.45, 2.75) is 0 Å². The van der Waals surface area contributed by atoms with Crippen molar-refractivity contribution in [3.05, 3.63) is 93.3 Å². The molecular formula is C26H15BrCl2N4O3S. The molecule has 11 heteroatoms. The molecule has 0 spiro atoms. The van der Waals surface area contributed by atoms with Crippen molar-refractivity contribution in [3.63, 3.8) is 0 Å². The van der Waals surface area contributed by atoms with Crippen molar-refractivity contribution in [1.29, 1.82) is 0 Å². The second kappa shape index (κ2) is 10.9. The first-order valence-corrected chi connectivity index (χ1v) is 12.7. The normalized spacial score (nSPS) is 11.2. The lowest BCUT2D eigenvalue weighted by atomic mass is 10.2. The van der Waals surface area contributed by atoms with Gasteiger partial charge in [-0.15, -0.1) is 0 Å². The van der Waals surface area contributed by atoms with Gasteiger partial charge in [-0.05, 0) is 82.8 Å². The standard InChI is InChI=1S/C26H15BrCl2N4O3S/c27-15-10-14(12-30-13-15)25-32-20-11-16(4-7-22(20)36-25)31-26(37)33-23(34)9-6-17-5-8-21(35-17)18-2-1-3-19(28)24(18)29/h1-13H,(H2,31,33,34,37). The first kappa shape index (κ1) is 25.2. The molecule has 5 rings (SSSR count). The van der Waals surface area contributed by atoms with E-state index in [0.717, 1.165) is 10.0 Å². The highest BCUT2D eigenvalue weighted by Crippen LogP contribution is 2.34. The molecule has 5 aromatic rings. The number of aromatic nitrogens is 2. The van der Waals surface area contributed by atoms with Gasteiger partial charge in [-0.1, -0.05) is 29.3 Å². The van der Waals surface area contributed by atoms with E-state index < -0.39 is 5.91 Å². The summed E-state index contributed by atoms with van der Waals surface area (Å²) >= 11 is 21.0. The predicted molar refractivity (Wildman–Crippen MR) is 153 cm³/mol. The van der Waals surface area contributed by atoms with Crippen molar-refractivity contribution >= 4 is 85.2 Å². The SMILES string of the molecule is O=C(C=Cc1ccc(-c2cccc(Cl)c2Cl)o1)NC(=S)Nc1ccc2oc(-c3cncc(Br)c3)nc2c1. The van der Waals surface area contributed by atoms with E-state index in [0.29, 0.717) is 49.8 Å². The van der Waals surface area contributed by atoms with E-state index in [1.807, 2.05) is 6.07 Å². The second-order valence-electron chi connectivity index (χ2n) is 7.67. The average molecular weight is 614 g/mol. The largest absolute Gasteiger partial charge is 0.457 e. The number of fused-ring (bicyclic) bond motifs is 1. The first-order chi connectivity index (χ1) is 17.9. The second-order valence-corrected chi connectivity index (χ2v) is 9.78. The smallest absolute Gasteiger partial charge is 0.250 e. The Balaban J connectivity index is 1.21. The van der Waals surface area contributed by atoms with Gasteiger partial charge in [0, 0.05) is 34.2 Å². The van der Waals surface area contributed by atoms with Crippen LogP contribution in [0.5, 0.6) is 0 Å². The van der Waals surface area contributed by atoms with Gasteiger partial charge in [0.2, 0.25) is 11.8 Å². The minimum atomic E-state index is -0.428. The van der Waals surface area contributed by atoms with Crippen LogP contribution in [0, 0.1) is 0 Å². The Hall–Kier alpha value is -3.50. The third-order valence-electron chi connectivity index (χ3n) is 5.08. The van der Waals surface area contributed by atoms with Crippen LogP contribution in [-0.2, 0) is 4.79 Å². The van der Waals surface area contributed by atoms with E-state index >= 15 is 0 Å². The number of hydrogen-bond donors (Lipinski definition) is 2. The van der Waals surface area contributed by atoms with Gasteiger partial charge in [0.25, 0.3) is 0 Å². The first-order valence-electron chi connectivity index (χ1n) is 10.7. The van der Waals surface area contributed by atoms with Gasteiger partial charge in [0.1, 0.15) is 17.0 Å². The number of rotatable bonds is 5. The summed E-state index contributed by atoms with van der Waals surface area (Å²) in [5.74, 6) is 1.02. The summed E-state index contributed by atoms with van der Waals surface area (Å²) in [7, 11) is 0. The average Bonchev–Trinajstić information content (AvgIpc) is 3.51. The third-order valence-corrected chi connectivity index (χ3v) is 6.53. The molecule has 3 aromatic heterocycles. The number of oxazole rings is 1. The maximum Gasteiger partial charge on any atom is 0.250 e. The topological polar surface area (TPSA) is 93.2 Å². The van der Waals surface area contributed by atoms with Crippen LogP contribution in [0.25, 0.3) is 40.0 Å². The summed E-state index contributed by atoms with van der Waals surface area (Å²) < 4.78 is 12.4. The predicted octanol–water partition coefficient (Wildman–Crippen LogP) is 7.75. The fourth-order valence-electron chi connectivity index (χ4n) is 3.41. The van der Waals surface area contributed by atoms with Crippen molar-refractivity contribution in [1.82, 2.24) is 15.3 Å². The fraction of sp³-hybridized carbons (Fsp3) is 0. The number of nitrogens with one attached hydrogen (secondary N) is 2. The summed E-state index contributed by atoms with van der Waals surface area (Å²) in [6.45, 7) is 0. The Labute approximate surface area is 234 Å². The van der Waals surface area contributed by atoms with E-state index in [2.05, 4.69) is 36.5 Å². The molecule has 0 radical (unpaired) electrons. The number of carbonyl (C=O) groups is 1. The molecule has 0 atom stereocenters. The molecule has 0 saturated carbocycles. The number of pyridine rings is 1. The summed E-state index contributed by atoms with van der Waals surface area (Å²) in [5.41, 5.74) is 3.28. The van der Waals surface area contributed by atoms with Crippen LogP contribution in [0.3, 0.4) is 0 Å². The van der Waals surface area contributed by atoms with Crippen LogP contribution in [0.4, 0.5) is 5.69 Å². The summed E-state index contributed by atoms with van der Waals surface area (Å²) in [5, 5.41) is 6.52. The maximum absolute atomic E-state index is 12.3. The van der Waals surface area contributed by atoms with Gasteiger partial charge in [0.15, 0.2) is 10.7 Å². The number of carbonyl (C=O) groups excluding carboxylic acids is 1. The molecule has 184 valence electrons. The summed E-state index contributed by atoms with van der Waals surface area (Å²) in [6.07, 6.45) is 6.19. The minimum absolute atomic E-state index is 0.125. The van der Waals surface area contributed by atoms with Crippen LogP contribution in [-0.4, -0.2) is 21.0 Å². The van der Waals surface area contributed by atoms with Crippen LogP contribution >= 0.6 is 51.3 Å². The maximum atomic E-state index is 12.3. The molecule has 0 unspecified atom stereocenters. The van der Waals surface area contributed by atoms with Crippen molar-refractivity contribution < 1.29 is 13.6 Å². The lowest BCUT2D eigenvalue weighted by molar-refractivity contribution is -0.115. The van der Waals surface area contributed by atoms with Crippen LogP contribution in [0.1, 0.15) is 5.76 Å². The van der Waals surface area contributed by atoms with Crippen molar-refractivity contribution in [3.8, 4) is 22.8 Å². The Morgan fingerprint density at radius 2 is 1.92 bits per heavy atom. The Kier molecular flexibility index (Phi) is 7.38. The molecule has 0 bridgehead atoms. The fourth-order valence-corrected chi connectivity index (χ4v) is 4.39. The molecule has 2 N–H and O–H groups in total. The number of furan rings is 1. The van der Waals surface area contributed by atoms with Gasteiger partial charge in [-0.2, -0.15) is 0 Å². The number of halogens is 3. The van der Waals surface area contributed by atoms with Crippen molar-refractivity contribution in [2.24, 2.45) is 0 Å². The van der Waals surface area contributed by atoms with Gasteiger partial charge >= 0.3 is 0 Å². The molecule has 0 aliphatic rings. The lowest BCUT2D eigenvalue weighted by Gasteiger charge is -2.07. The Morgan fingerprint density at radius 3 is 2.76 bits per heavy atom. The van der Waals surface area contributed by atoms with E-state index in [4.69, 9.17) is 44.3 Å². The zero-order valence-electron chi connectivity index (χ0n) is 18.7. The Morgan fingerprint density at radius 1 is 1.05 bits per heavy atom. The molecule has 2 aromatic carbocycles. The monoisotopic (exact) mass is 612 g/mol. The quantitative estimate of drug-likeness (QED) is 0.155. The molecular weight excluding hydrogens is 599 g/mol. The van der Waals surface area contributed by atoms with Gasteiger partial charge in [-0.3, -0.25) is 15.1 Å². The number of benzene rings is 2. The molecule has 1 amide bonds. The molecule has 0 aliphatic heterocycles. The third kappa shape index (κ3) is 5.91. The molecule has 3 heterocycles. The number of thiocarbonyl (C=S) groups is 1. The summed E-state index contributed by atoms with van der Waals surface area (Å²) in [4.78, 5) is 21.0. The number of nitrogens with zero attached hydrogens (tertiary/aromatic N) is 2. The molecule has 0 fully saturated rings. The summed E-state index contributed by atoms with van der Waals surface area (Å²) in [6, 6.07) is 15.9. The lowest BCUT2D eigenvalue weighted by Crippen LogP contribution is -2.32. The molecule has 7 nitrogen and oxygen atoms in total. The van der Waals surface area contributed by atoms with Gasteiger partial charge in [-0.25, -0.2) is 4.98 Å². The van der Waals surface area contributed by atoms with E-state index in [9.17, 15) is 4.79 Å². The number of hydrogen-bond acceptors (Lipinski definition) is 6. The zero-order chi connectivity index (χ0) is 25.9. The van der Waals surface area contributed by atoms with Crippen LogP contribution in [0.2, 0.25) is 10.0 Å². The zero-order valence-corrected chi connectivity index (χ0v) is 22.6. The van der Waals surface area contributed by atoms with Crippen molar-refractivity contribution in [2.75, 3.05) is 5.32 Å². The minimum Gasteiger partial charge on any atom is -0.457 e. The van der Waals surface area contributed by atoms with E-state index in [-0.39, 0.29) is 5.11 Å². The Bertz CT molecular complexity index is 1680. The molecule has 0 aliphatic carbocycles.